The van der Waals surface area contributed by atoms with Crippen molar-refractivity contribution in [1.82, 2.24) is 9.80 Å². The number of hydrogen-bond acceptors (Lipinski definition) is 3. The Morgan fingerprint density at radius 3 is 2.52 bits per heavy atom. The molecule has 2 heterocycles. The number of ether oxygens (including phenoxy) is 1. The van der Waals surface area contributed by atoms with Crippen molar-refractivity contribution in [3.05, 3.63) is 35.6 Å². The summed E-state index contributed by atoms with van der Waals surface area (Å²) in [6, 6.07) is 5.52. The molecule has 5 nitrogen and oxygen atoms in total. The van der Waals surface area contributed by atoms with Gasteiger partial charge in [0.1, 0.15) is 5.82 Å². The van der Waals surface area contributed by atoms with Crippen molar-refractivity contribution in [2.45, 2.75) is 25.3 Å². The van der Waals surface area contributed by atoms with Gasteiger partial charge in [-0.3, -0.25) is 4.79 Å². The molecule has 1 aromatic carbocycles. The predicted molar refractivity (Wildman–Crippen MR) is 82.9 cm³/mol. The van der Waals surface area contributed by atoms with E-state index < -0.39 is 0 Å². The number of nitrogens with zero attached hydrogens (tertiary/aromatic N) is 2. The van der Waals surface area contributed by atoms with Crippen molar-refractivity contribution in [3.63, 3.8) is 0 Å². The Kier molecular flexibility index (Phi) is 4.91. The highest BCUT2D eigenvalue weighted by molar-refractivity contribution is 5.96. The molecule has 1 unspecified atom stereocenters. The SMILES string of the molecule is O=C(CC1CCCN1C(=O)N1CCOCC1)c1ccc(F)cc1. The summed E-state index contributed by atoms with van der Waals surface area (Å²) in [5.41, 5.74) is 0.497. The topological polar surface area (TPSA) is 49.9 Å². The van der Waals surface area contributed by atoms with Crippen LogP contribution >= 0.6 is 0 Å². The molecule has 2 saturated heterocycles. The Bertz CT molecular complexity index is 570. The van der Waals surface area contributed by atoms with Crippen molar-refractivity contribution < 1.29 is 18.7 Å². The van der Waals surface area contributed by atoms with Crippen molar-refractivity contribution >= 4 is 11.8 Å². The lowest BCUT2D eigenvalue weighted by Crippen LogP contribution is -2.50. The summed E-state index contributed by atoms with van der Waals surface area (Å²) in [6.45, 7) is 3.04. The zero-order valence-electron chi connectivity index (χ0n) is 13.0. The van der Waals surface area contributed by atoms with Crippen LogP contribution in [0.1, 0.15) is 29.6 Å². The van der Waals surface area contributed by atoms with Gasteiger partial charge in [-0.25, -0.2) is 9.18 Å². The van der Waals surface area contributed by atoms with E-state index in [1.54, 1.807) is 4.90 Å². The third-order valence-electron chi connectivity index (χ3n) is 4.49. The molecular formula is C17H21FN2O3. The Hall–Kier alpha value is -1.95. The van der Waals surface area contributed by atoms with Crippen molar-refractivity contribution in [2.24, 2.45) is 0 Å². The maximum atomic E-state index is 12.9. The second-order valence-electron chi connectivity index (χ2n) is 6.01. The molecule has 0 spiro atoms. The van der Waals surface area contributed by atoms with Gasteiger partial charge in [-0.2, -0.15) is 0 Å². The minimum absolute atomic E-state index is 0.00251. The standard InChI is InChI=1S/C17H21FN2O3/c18-14-5-3-13(4-6-14)16(21)12-15-2-1-7-20(15)17(22)19-8-10-23-11-9-19/h3-6,15H,1-2,7-12H2. The molecule has 1 atom stereocenters. The summed E-state index contributed by atoms with van der Waals surface area (Å²) in [5.74, 6) is -0.400. The summed E-state index contributed by atoms with van der Waals surface area (Å²) < 4.78 is 18.2. The van der Waals surface area contributed by atoms with E-state index >= 15 is 0 Å². The fourth-order valence-corrected chi connectivity index (χ4v) is 3.20. The monoisotopic (exact) mass is 320 g/mol. The summed E-state index contributed by atoms with van der Waals surface area (Å²) in [5, 5.41) is 0. The quantitative estimate of drug-likeness (QED) is 0.803. The van der Waals surface area contributed by atoms with E-state index in [0.717, 1.165) is 12.8 Å². The molecule has 23 heavy (non-hydrogen) atoms. The summed E-state index contributed by atoms with van der Waals surface area (Å²) >= 11 is 0. The van der Waals surface area contributed by atoms with Gasteiger partial charge in [0.25, 0.3) is 0 Å². The molecule has 0 saturated carbocycles. The molecule has 0 aromatic heterocycles. The average Bonchev–Trinajstić information content (AvgIpc) is 3.03. The number of amides is 2. The van der Waals surface area contributed by atoms with Crippen molar-refractivity contribution in [3.8, 4) is 0 Å². The smallest absolute Gasteiger partial charge is 0.320 e. The fraction of sp³-hybridized carbons (Fsp3) is 0.529. The van der Waals surface area contributed by atoms with E-state index in [4.69, 9.17) is 4.74 Å². The van der Waals surface area contributed by atoms with E-state index in [1.807, 2.05) is 4.90 Å². The van der Waals surface area contributed by atoms with Crippen molar-refractivity contribution in [2.75, 3.05) is 32.8 Å². The summed E-state index contributed by atoms with van der Waals surface area (Å²) in [7, 11) is 0. The highest BCUT2D eigenvalue weighted by atomic mass is 19.1. The molecule has 0 bridgehead atoms. The second kappa shape index (κ2) is 7.08. The van der Waals surface area contributed by atoms with Crippen LogP contribution in [0.3, 0.4) is 0 Å². The van der Waals surface area contributed by atoms with Gasteiger partial charge in [-0.15, -0.1) is 0 Å². The molecule has 0 aliphatic carbocycles. The maximum Gasteiger partial charge on any atom is 0.320 e. The van der Waals surface area contributed by atoms with Crippen LogP contribution in [0.4, 0.5) is 9.18 Å². The van der Waals surface area contributed by atoms with E-state index in [0.29, 0.717) is 44.8 Å². The van der Waals surface area contributed by atoms with Crippen LogP contribution in [0.15, 0.2) is 24.3 Å². The molecule has 6 heteroatoms. The minimum Gasteiger partial charge on any atom is -0.378 e. The first-order valence-electron chi connectivity index (χ1n) is 8.07. The lowest BCUT2D eigenvalue weighted by Gasteiger charge is -2.33. The van der Waals surface area contributed by atoms with E-state index in [2.05, 4.69) is 0 Å². The van der Waals surface area contributed by atoms with Crippen LogP contribution in [-0.2, 0) is 4.74 Å². The van der Waals surface area contributed by atoms with Crippen LogP contribution in [0.2, 0.25) is 0 Å². The number of Topliss-reactive ketones (excluding diaryl/α,β-unsaturated/α-hetero) is 1. The maximum absolute atomic E-state index is 12.9. The molecule has 2 amide bonds. The van der Waals surface area contributed by atoms with Gasteiger partial charge in [0, 0.05) is 37.7 Å². The number of benzene rings is 1. The Labute approximate surface area is 135 Å². The molecular weight excluding hydrogens is 299 g/mol. The third kappa shape index (κ3) is 3.69. The zero-order chi connectivity index (χ0) is 16.2. The van der Waals surface area contributed by atoms with Gasteiger partial charge in [-0.05, 0) is 37.1 Å². The van der Waals surface area contributed by atoms with Gasteiger partial charge >= 0.3 is 6.03 Å². The lowest BCUT2D eigenvalue weighted by atomic mass is 10.0. The normalized spacial score (nSPS) is 21.5. The second-order valence-corrected chi connectivity index (χ2v) is 6.01. The molecule has 2 aliphatic rings. The largest absolute Gasteiger partial charge is 0.378 e. The number of urea groups is 1. The Morgan fingerprint density at radius 2 is 1.83 bits per heavy atom. The van der Waals surface area contributed by atoms with E-state index in [9.17, 15) is 14.0 Å². The number of likely N-dealkylation sites (tertiary alicyclic amines) is 1. The van der Waals surface area contributed by atoms with Crippen LogP contribution < -0.4 is 0 Å². The first-order chi connectivity index (χ1) is 11.1. The molecule has 0 radical (unpaired) electrons. The van der Waals surface area contributed by atoms with Crippen molar-refractivity contribution in [1.29, 1.82) is 0 Å². The number of carbonyl (C=O) groups excluding carboxylic acids is 2. The van der Waals surface area contributed by atoms with Crippen LogP contribution in [-0.4, -0.2) is 60.5 Å². The zero-order valence-corrected chi connectivity index (χ0v) is 13.0. The number of rotatable bonds is 3. The number of hydrogen-bond donors (Lipinski definition) is 0. The van der Waals surface area contributed by atoms with Gasteiger partial charge in [0.15, 0.2) is 5.78 Å². The Balaban J connectivity index is 1.63. The lowest BCUT2D eigenvalue weighted by molar-refractivity contribution is 0.0418. The minimum atomic E-state index is -0.355. The summed E-state index contributed by atoms with van der Waals surface area (Å²) in [6.07, 6.45) is 2.04. The van der Waals surface area contributed by atoms with Crippen LogP contribution in [0, 0.1) is 5.82 Å². The van der Waals surface area contributed by atoms with Gasteiger partial charge in [-0.1, -0.05) is 0 Å². The average molecular weight is 320 g/mol. The number of carbonyl (C=O) groups is 2. The summed E-state index contributed by atoms with van der Waals surface area (Å²) in [4.78, 5) is 28.6. The van der Waals surface area contributed by atoms with Crippen LogP contribution in [0.5, 0.6) is 0 Å². The predicted octanol–water partition coefficient (Wildman–Crippen LogP) is 2.32. The number of morpholine rings is 1. The number of halogens is 1. The van der Waals surface area contributed by atoms with Crippen LogP contribution in [0.25, 0.3) is 0 Å². The molecule has 2 fully saturated rings. The Morgan fingerprint density at radius 1 is 1.13 bits per heavy atom. The highest BCUT2D eigenvalue weighted by Gasteiger charge is 2.33. The first-order valence-corrected chi connectivity index (χ1v) is 8.07. The molecule has 124 valence electrons. The highest BCUT2D eigenvalue weighted by Crippen LogP contribution is 2.23. The van der Waals surface area contributed by atoms with E-state index in [1.165, 1.54) is 24.3 Å². The number of ketones is 1. The molecule has 1 aromatic rings. The van der Waals surface area contributed by atoms with Gasteiger partial charge in [0.05, 0.1) is 13.2 Å². The fourth-order valence-electron chi connectivity index (χ4n) is 3.20. The van der Waals surface area contributed by atoms with E-state index in [-0.39, 0.29) is 23.7 Å². The van der Waals surface area contributed by atoms with Gasteiger partial charge < -0.3 is 14.5 Å². The molecule has 3 rings (SSSR count). The molecule has 2 aliphatic heterocycles. The van der Waals surface area contributed by atoms with Gasteiger partial charge in [0.2, 0.25) is 0 Å². The molecule has 0 N–H and O–H groups in total. The third-order valence-corrected chi connectivity index (χ3v) is 4.49. The first kappa shape index (κ1) is 15.9.